The van der Waals surface area contributed by atoms with Gasteiger partial charge in [0.25, 0.3) is 0 Å². The fourth-order valence-electron chi connectivity index (χ4n) is 2.89. The molecule has 0 aliphatic carbocycles. The lowest BCUT2D eigenvalue weighted by atomic mass is 10.1. The number of carbonyl (C=O) groups excluding carboxylic acids is 1. The smallest absolute Gasteiger partial charge is 0.237 e. The Labute approximate surface area is 171 Å². The van der Waals surface area contributed by atoms with Crippen molar-refractivity contribution in [3.05, 3.63) is 57.6 Å². The van der Waals surface area contributed by atoms with Gasteiger partial charge < -0.3 is 5.32 Å². The van der Waals surface area contributed by atoms with Crippen LogP contribution in [0.3, 0.4) is 0 Å². The fraction of sp³-hybridized carbons (Fsp3) is 0.250. The third-order valence-corrected chi connectivity index (χ3v) is 5.82. The number of carbonyl (C=O) groups is 1. The van der Waals surface area contributed by atoms with Gasteiger partial charge in [0, 0.05) is 15.7 Å². The minimum absolute atomic E-state index is 0.0673. The zero-order valence-electron chi connectivity index (χ0n) is 15.6. The van der Waals surface area contributed by atoms with Crippen molar-refractivity contribution < 1.29 is 4.79 Å². The number of rotatable bonds is 5. The summed E-state index contributed by atoms with van der Waals surface area (Å²) in [5.74, 6) is 0.602. The highest BCUT2D eigenvalue weighted by atomic mass is 79.9. The van der Waals surface area contributed by atoms with E-state index in [0.29, 0.717) is 11.0 Å². The number of hydrogen-bond donors (Lipinski definition) is 2. The summed E-state index contributed by atoms with van der Waals surface area (Å²) in [7, 11) is 0. The number of anilines is 1. The van der Waals surface area contributed by atoms with Crippen LogP contribution < -0.4 is 5.32 Å². The lowest BCUT2D eigenvalue weighted by Gasteiger charge is -2.15. The molecule has 0 unspecified atom stereocenters. The molecule has 1 aromatic heterocycles. The molecular weight excluding hydrogens is 424 g/mol. The Morgan fingerprint density at radius 3 is 2.52 bits per heavy atom. The number of hydrogen-bond acceptors (Lipinski definition) is 4. The maximum absolute atomic E-state index is 12.6. The molecular formula is C20H21BrN4OS. The van der Waals surface area contributed by atoms with Crippen LogP contribution in [0.25, 0.3) is 11.4 Å². The molecule has 0 aliphatic heterocycles. The van der Waals surface area contributed by atoms with Crippen LogP contribution in [-0.4, -0.2) is 26.3 Å². The molecule has 1 amide bonds. The molecule has 27 heavy (non-hydrogen) atoms. The molecule has 7 heteroatoms. The third-order valence-electron chi connectivity index (χ3n) is 4.17. The Kier molecular flexibility index (Phi) is 6.01. The molecule has 2 aromatic carbocycles. The summed E-state index contributed by atoms with van der Waals surface area (Å²) in [6.07, 6.45) is 0. The molecule has 0 spiro atoms. The summed E-state index contributed by atoms with van der Waals surface area (Å²) in [4.78, 5) is 17.1. The molecule has 2 N–H and O–H groups in total. The lowest BCUT2D eigenvalue weighted by Crippen LogP contribution is -2.23. The van der Waals surface area contributed by atoms with E-state index >= 15 is 0 Å². The first-order valence-electron chi connectivity index (χ1n) is 8.58. The second-order valence-corrected chi connectivity index (χ2v) is 8.63. The zero-order chi connectivity index (χ0) is 19.6. The molecule has 0 bridgehead atoms. The first-order valence-corrected chi connectivity index (χ1v) is 10.2. The first kappa shape index (κ1) is 19.6. The number of amides is 1. The molecule has 5 nitrogen and oxygen atoms in total. The molecule has 0 fully saturated rings. The number of nitrogens with zero attached hydrogens (tertiary/aromatic N) is 2. The van der Waals surface area contributed by atoms with Crippen LogP contribution in [0, 0.1) is 20.8 Å². The maximum atomic E-state index is 12.6. The SMILES string of the molecule is Cc1cc(C)c(NC(=O)[C@@H](C)Sc2n[nH]c(-c3ccccc3Br)n2)c(C)c1. The third kappa shape index (κ3) is 4.59. The average molecular weight is 445 g/mol. The summed E-state index contributed by atoms with van der Waals surface area (Å²) in [5, 5.41) is 10.4. The van der Waals surface area contributed by atoms with Crippen molar-refractivity contribution in [1.82, 2.24) is 15.2 Å². The molecule has 0 radical (unpaired) electrons. The van der Waals surface area contributed by atoms with E-state index in [4.69, 9.17) is 0 Å². The van der Waals surface area contributed by atoms with E-state index in [2.05, 4.69) is 55.5 Å². The van der Waals surface area contributed by atoms with E-state index in [0.717, 1.165) is 26.9 Å². The minimum Gasteiger partial charge on any atom is -0.325 e. The van der Waals surface area contributed by atoms with Crippen LogP contribution in [0.15, 0.2) is 46.0 Å². The van der Waals surface area contributed by atoms with Crippen molar-refractivity contribution >= 4 is 39.3 Å². The Hall–Kier alpha value is -2.12. The molecule has 1 atom stereocenters. The van der Waals surface area contributed by atoms with Gasteiger partial charge in [0.05, 0.1) is 5.25 Å². The minimum atomic E-state index is -0.326. The van der Waals surface area contributed by atoms with Crippen molar-refractivity contribution in [2.75, 3.05) is 5.32 Å². The van der Waals surface area contributed by atoms with Crippen LogP contribution in [0.1, 0.15) is 23.6 Å². The van der Waals surface area contributed by atoms with E-state index in [1.54, 1.807) is 0 Å². The predicted molar refractivity (Wildman–Crippen MR) is 114 cm³/mol. The van der Waals surface area contributed by atoms with Crippen LogP contribution in [0.2, 0.25) is 0 Å². The number of halogens is 1. The largest absolute Gasteiger partial charge is 0.325 e. The molecule has 0 aliphatic rings. The van der Waals surface area contributed by atoms with Gasteiger partial charge in [-0.15, -0.1) is 5.10 Å². The highest BCUT2D eigenvalue weighted by Gasteiger charge is 2.19. The van der Waals surface area contributed by atoms with Crippen molar-refractivity contribution in [2.45, 2.75) is 38.1 Å². The molecule has 0 saturated carbocycles. The average Bonchev–Trinajstić information content (AvgIpc) is 3.06. The van der Waals surface area contributed by atoms with E-state index in [1.807, 2.05) is 45.0 Å². The Morgan fingerprint density at radius 2 is 1.85 bits per heavy atom. The predicted octanol–water partition coefficient (Wildman–Crippen LogP) is 5.28. The Balaban J connectivity index is 1.70. The zero-order valence-corrected chi connectivity index (χ0v) is 18.0. The van der Waals surface area contributed by atoms with E-state index in [9.17, 15) is 4.79 Å². The number of H-pyrrole nitrogens is 1. The molecule has 0 saturated heterocycles. The Morgan fingerprint density at radius 1 is 1.19 bits per heavy atom. The van der Waals surface area contributed by atoms with Crippen LogP contribution in [-0.2, 0) is 4.79 Å². The summed E-state index contributed by atoms with van der Waals surface area (Å²) in [5.41, 5.74) is 5.12. The van der Waals surface area contributed by atoms with Crippen LogP contribution in [0.5, 0.6) is 0 Å². The summed E-state index contributed by atoms with van der Waals surface area (Å²) < 4.78 is 0.939. The van der Waals surface area contributed by atoms with Crippen LogP contribution in [0.4, 0.5) is 5.69 Å². The van der Waals surface area contributed by atoms with Gasteiger partial charge in [0.2, 0.25) is 11.1 Å². The maximum Gasteiger partial charge on any atom is 0.237 e. The van der Waals surface area contributed by atoms with Gasteiger partial charge >= 0.3 is 0 Å². The van der Waals surface area contributed by atoms with E-state index in [-0.39, 0.29) is 11.2 Å². The van der Waals surface area contributed by atoms with Gasteiger partial charge in [-0.25, -0.2) is 4.98 Å². The number of nitrogens with one attached hydrogen (secondary N) is 2. The normalized spacial score (nSPS) is 12.0. The van der Waals surface area contributed by atoms with Gasteiger partial charge in [0.1, 0.15) is 0 Å². The fourth-order valence-corrected chi connectivity index (χ4v) is 4.08. The number of thioether (sulfide) groups is 1. The molecule has 3 aromatic rings. The second-order valence-electron chi connectivity index (χ2n) is 6.47. The molecule has 140 valence electrons. The van der Waals surface area contributed by atoms with Crippen molar-refractivity contribution in [1.29, 1.82) is 0 Å². The van der Waals surface area contributed by atoms with Crippen molar-refractivity contribution in [3.8, 4) is 11.4 Å². The highest BCUT2D eigenvalue weighted by molar-refractivity contribution is 9.10. The molecule has 1 heterocycles. The highest BCUT2D eigenvalue weighted by Crippen LogP contribution is 2.28. The monoisotopic (exact) mass is 444 g/mol. The van der Waals surface area contributed by atoms with Crippen molar-refractivity contribution in [2.24, 2.45) is 0 Å². The van der Waals surface area contributed by atoms with Gasteiger partial charge in [-0.3, -0.25) is 9.89 Å². The van der Waals surface area contributed by atoms with Gasteiger partial charge in [0.15, 0.2) is 5.82 Å². The van der Waals surface area contributed by atoms with Gasteiger partial charge in [-0.2, -0.15) is 0 Å². The summed E-state index contributed by atoms with van der Waals surface area (Å²) in [6, 6.07) is 11.9. The topological polar surface area (TPSA) is 70.7 Å². The summed E-state index contributed by atoms with van der Waals surface area (Å²) in [6.45, 7) is 7.92. The number of aromatic nitrogens is 3. The van der Waals surface area contributed by atoms with E-state index < -0.39 is 0 Å². The standard InChI is InChI=1S/C20H21BrN4OS/c1-11-9-12(2)17(13(3)10-11)22-19(26)14(4)27-20-23-18(24-25-20)15-7-5-6-8-16(15)21/h5-10,14H,1-4H3,(H,22,26)(H,23,24,25)/t14-/m1/s1. The second kappa shape index (κ2) is 8.27. The summed E-state index contributed by atoms with van der Waals surface area (Å²) >= 11 is 4.84. The Bertz CT molecular complexity index is 963. The first-order chi connectivity index (χ1) is 12.8. The van der Waals surface area contributed by atoms with Gasteiger partial charge in [-0.1, -0.05) is 63.6 Å². The van der Waals surface area contributed by atoms with Crippen LogP contribution >= 0.6 is 27.7 Å². The number of aromatic amines is 1. The van der Waals surface area contributed by atoms with Gasteiger partial charge in [-0.05, 0) is 44.9 Å². The van der Waals surface area contributed by atoms with Crippen molar-refractivity contribution in [3.63, 3.8) is 0 Å². The number of aryl methyl sites for hydroxylation is 3. The quantitative estimate of drug-likeness (QED) is 0.525. The lowest BCUT2D eigenvalue weighted by molar-refractivity contribution is -0.115. The molecule has 3 rings (SSSR count). The van der Waals surface area contributed by atoms with E-state index in [1.165, 1.54) is 17.3 Å². The number of benzene rings is 2.